The molecule has 0 radical (unpaired) electrons. The SMILES string of the molecule is CCCCOc1ccc(Cc2cn([C@@H]3O[C@H](CO[Si](C)(C)C(C)(C)C)[C@@H](O[Si](C)(C)C(C)(C)C)[C@H]3O[Si](C)(C)C(C)(C)C)c(=O)[nH]c2=S)cc1. The van der Waals surface area contributed by atoms with Crippen molar-refractivity contribution in [3.8, 4) is 5.75 Å². The van der Waals surface area contributed by atoms with Gasteiger partial charge in [0.25, 0.3) is 0 Å². The molecule has 3 rings (SSSR count). The van der Waals surface area contributed by atoms with Crippen LogP contribution in [0.4, 0.5) is 0 Å². The molecular weight excluding hydrogens is 697 g/mol. The van der Waals surface area contributed by atoms with Crippen LogP contribution in [0.2, 0.25) is 54.4 Å². The zero-order valence-corrected chi connectivity index (χ0v) is 37.9. The summed E-state index contributed by atoms with van der Waals surface area (Å²) in [5.41, 5.74) is 1.57. The molecule has 0 unspecified atom stereocenters. The minimum Gasteiger partial charge on any atom is -0.494 e. The van der Waals surface area contributed by atoms with Gasteiger partial charge in [0.05, 0.1) is 13.2 Å². The highest BCUT2D eigenvalue weighted by Crippen LogP contribution is 2.46. The molecule has 1 saturated heterocycles. The van der Waals surface area contributed by atoms with Crippen LogP contribution in [0.25, 0.3) is 0 Å². The van der Waals surface area contributed by atoms with Gasteiger partial charge in [0.15, 0.2) is 31.2 Å². The summed E-state index contributed by atoms with van der Waals surface area (Å²) < 4.78 is 36.3. The smallest absolute Gasteiger partial charge is 0.328 e. The number of rotatable bonds is 14. The molecule has 0 aliphatic carbocycles. The molecule has 2 aromatic rings. The van der Waals surface area contributed by atoms with Gasteiger partial charge in [-0.2, -0.15) is 0 Å². The van der Waals surface area contributed by atoms with Crippen LogP contribution < -0.4 is 10.4 Å². The molecule has 1 N–H and O–H groups in total. The predicted molar refractivity (Wildman–Crippen MR) is 217 cm³/mol. The van der Waals surface area contributed by atoms with E-state index in [1.54, 1.807) is 4.57 Å². The number of hydrogen-bond donors (Lipinski definition) is 1. The summed E-state index contributed by atoms with van der Waals surface area (Å²) in [7, 11) is -6.85. The molecule has 1 aliphatic heterocycles. The second kappa shape index (κ2) is 15.9. The Bertz CT molecular complexity index is 1530. The molecular formula is C38H68N2O6SSi3. The Labute approximate surface area is 311 Å². The molecule has 1 aromatic carbocycles. The third kappa shape index (κ3) is 10.4. The number of benzene rings is 1. The lowest BCUT2D eigenvalue weighted by Gasteiger charge is -2.44. The second-order valence-corrected chi connectivity index (χ2v) is 33.4. The summed E-state index contributed by atoms with van der Waals surface area (Å²) in [6, 6.07) is 8.09. The summed E-state index contributed by atoms with van der Waals surface area (Å²) >= 11 is 5.72. The standard InChI is InChI=1S/C38H68N2O6SSi3/c1-17-18-23-42-29-21-19-27(20-22-29)24-28-25-40(35(41)39-33(28)47)34-32(46-50(15,16)38(8,9)10)31(45-49(13,14)37(5,6)7)30(44-34)26-43-48(11,12)36(2,3)4/h19-22,25,30-32,34H,17-18,23-24,26H2,1-16H3,(H,39,41,47)/t30-,31-,32-,34-/m1/s1. The molecule has 0 bridgehead atoms. The van der Waals surface area contributed by atoms with E-state index in [1.807, 2.05) is 18.3 Å². The Morgan fingerprint density at radius 1 is 0.820 bits per heavy atom. The average molecular weight is 765 g/mol. The lowest BCUT2D eigenvalue weighted by molar-refractivity contribution is -0.0510. The van der Waals surface area contributed by atoms with Crippen molar-refractivity contribution in [2.24, 2.45) is 0 Å². The van der Waals surface area contributed by atoms with Crippen molar-refractivity contribution in [2.45, 2.75) is 167 Å². The van der Waals surface area contributed by atoms with Crippen LogP contribution in [0.5, 0.6) is 5.75 Å². The van der Waals surface area contributed by atoms with Crippen molar-refractivity contribution in [3.05, 3.63) is 56.7 Å². The van der Waals surface area contributed by atoms with Gasteiger partial charge in [-0.25, -0.2) is 4.79 Å². The van der Waals surface area contributed by atoms with Crippen LogP contribution in [0.1, 0.15) is 99.4 Å². The molecule has 4 atom stereocenters. The summed E-state index contributed by atoms with van der Waals surface area (Å²) in [4.78, 5) is 16.8. The fourth-order valence-electron chi connectivity index (χ4n) is 4.97. The van der Waals surface area contributed by atoms with E-state index in [1.165, 1.54) is 0 Å². The Morgan fingerprint density at radius 3 is 1.84 bits per heavy atom. The zero-order chi connectivity index (χ0) is 38.1. The van der Waals surface area contributed by atoms with Crippen LogP contribution in [-0.4, -0.2) is 66.0 Å². The highest BCUT2D eigenvalue weighted by molar-refractivity contribution is 7.71. The predicted octanol–water partition coefficient (Wildman–Crippen LogP) is 10.4. The van der Waals surface area contributed by atoms with E-state index in [4.69, 9.17) is 35.0 Å². The van der Waals surface area contributed by atoms with Gasteiger partial charge in [0.2, 0.25) is 0 Å². The maximum atomic E-state index is 13.9. The van der Waals surface area contributed by atoms with E-state index in [0.717, 1.165) is 29.7 Å². The van der Waals surface area contributed by atoms with E-state index < -0.39 is 49.5 Å². The highest BCUT2D eigenvalue weighted by Gasteiger charge is 2.55. The summed E-state index contributed by atoms with van der Waals surface area (Å²) in [6.07, 6.45) is 2.38. The first-order valence-electron chi connectivity index (χ1n) is 18.4. The minimum atomic E-state index is -2.38. The highest BCUT2D eigenvalue weighted by atomic mass is 32.1. The van der Waals surface area contributed by atoms with E-state index in [2.05, 4.69) is 126 Å². The van der Waals surface area contributed by atoms with Gasteiger partial charge < -0.3 is 22.8 Å². The number of hydrogen-bond acceptors (Lipinski definition) is 7. The monoisotopic (exact) mass is 764 g/mol. The van der Waals surface area contributed by atoms with E-state index >= 15 is 0 Å². The maximum absolute atomic E-state index is 13.9. The molecule has 50 heavy (non-hydrogen) atoms. The van der Waals surface area contributed by atoms with Crippen LogP contribution in [0.3, 0.4) is 0 Å². The molecule has 1 aromatic heterocycles. The molecule has 0 amide bonds. The van der Waals surface area contributed by atoms with Crippen molar-refractivity contribution in [2.75, 3.05) is 13.2 Å². The van der Waals surface area contributed by atoms with Crippen LogP contribution in [0, 0.1) is 4.64 Å². The molecule has 8 nitrogen and oxygen atoms in total. The fraction of sp³-hybridized carbons (Fsp3) is 0.737. The number of nitrogens with zero attached hydrogens (tertiary/aromatic N) is 1. The lowest BCUT2D eigenvalue weighted by Crippen LogP contribution is -2.54. The lowest BCUT2D eigenvalue weighted by atomic mass is 10.1. The van der Waals surface area contributed by atoms with Gasteiger partial charge in [-0.3, -0.25) is 9.55 Å². The summed E-state index contributed by atoms with van der Waals surface area (Å²) in [5.74, 6) is 0.848. The zero-order valence-electron chi connectivity index (χ0n) is 34.0. The first-order chi connectivity index (χ1) is 22.7. The van der Waals surface area contributed by atoms with Crippen molar-refractivity contribution in [1.29, 1.82) is 0 Å². The minimum absolute atomic E-state index is 0.0256. The molecule has 284 valence electrons. The van der Waals surface area contributed by atoms with Crippen molar-refractivity contribution >= 4 is 37.2 Å². The second-order valence-electron chi connectivity index (χ2n) is 18.7. The van der Waals surface area contributed by atoms with Crippen LogP contribution >= 0.6 is 12.2 Å². The van der Waals surface area contributed by atoms with Crippen molar-refractivity contribution in [1.82, 2.24) is 9.55 Å². The van der Waals surface area contributed by atoms with Gasteiger partial charge in [-0.1, -0.05) is 100 Å². The molecule has 0 saturated carbocycles. The molecule has 2 heterocycles. The van der Waals surface area contributed by atoms with E-state index in [0.29, 0.717) is 24.3 Å². The summed E-state index contributed by atoms with van der Waals surface area (Å²) in [5, 5.41) is -0.0957. The third-order valence-electron chi connectivity index (χ3n) is 11.6. The Morgan fingerprint density at radius 2 is 1.34 bits per heavy atom. The normalized spacial score (nSPS) is 21.1. The van der Waals surface area contributed by atoms with Crippen LogP contribution in [-0.2, 0) is 24.4 Å². The maximum Gasteiger partial charge on any atom is 0.328 e. The van der Waals surface area contributed by atoms with Gasteiger partial charge in [-0.05, 0) is 78.5 Å². The Kier molecular flexibility index (Phi) is 13.7. The number of ether oxygens (including phenoxy) is 2. The van der Waals surface area contributed by atoms with Crippen molar-refractivity contribution < 1.29 is 22.8 Å². The largest absolute Gasteiger partial charge is 0.494 e. The molecule has 0 spiro atoms. The van der Waals surface area contributed by atoms with Crippen LogP contribution in [0.15, 0.2) is 35.3 Å². The van der Waals surface area contributed by atoms with Gasteiger partial charge in [-0.15, -0.1) is 0 Å². The van der Waals surface area contributed by atoms with Crippen molar-refractivity contribution in [3.63, 3.8) is 0 Å². The number of nitrogens with one attached hydrogen (secondary N) is 1. The molecule has 1 fully saturated rings. The topological polar surface area (TPSA) is 83.9 Å². The summed E-state index contributed by atoms with van der Waals surface area (Å²) in [6.45, 7) is 36.9. The van der Waals surface area contributed by atoms with E-state index in [9.17, 15) is 4.79 Å². The average Bonchev–Trinajstić information content (AvgIpc) is 3.27. The third-order valence-corrected chi connectivity index (χ3v) is 25.4. The Hall–Kier alpha value is -1.39. The first kappa shape index (κ1) is 43.0. The number of aromatic amines is 1. The van der Waals surface area contributed by atoms with Gasteiger partial charge in [0, 0.05) is 18.2 Å². The molecule has 12 heteroatoms. The van der Waals surface area contributed by atoms with Gasteiger partial charge in [0.1, 0.15) is 28.7 Å². The Balaban J connectivity index is 2.13. The molecule has 1 aliphatic rings. The fourth-order valence-corrected chi connectivity index (χ4v) is 8.81. The quantitative estimate of drug-likeness (QED) is 0.116. The number of H-pyrrole nitrogens is 1. The number of unbranched alkanes of at least 4 members (excludes halogenated alkanes) is 1. The van der Waals surface area contributed by atoms with Gasteiger partial charge >= 0.3 is 5.69 Å². The number of aromatic nitrogens is 2. The first-order valence-corrected chi connectivity index (χ1v) is 27.6. The van der Waals surface area contributed by atoms with E-state index in [-0.39, 0.29) is 20.8 Å².